The Kier molecular flexibility index (Phi) is 5.19. The molecule has 0 aliphatic carbocycles. The van der Waals surface area contributed by atoms with Gasteiger partial charge in [0.1, 0.15) is 5.82 Å². The minimum Gasteiger partial charge on any atom is -0.353 e. The van der Waals surface area contributed by atoms with Crippen molar-refractivity contribution in [3.63, 3.8) is 0 Å². The second-order valence-corrected chi connectivity index (χ2v) is 6.59. The van der Waals surface area contributed by atoms with Crippen molar-refractivity contribution in [3.8, 4) is 0 Å². The number of piperazine rings is 1. The van der Waals surface area contributed by atoms with Crippen molar-refractivity contribution in [2.24, 2.45) is 0 Å². The smallest absolute Gasteiger partial charge is 0.237 e. The molecule has 1 N–H and O–H groups in total. The summed E-state index contributed by atoms with van der Waals surface area (Å²) in [5, 5.41) is 5.04. The number of carbonyl (C=O) groups excluding carboxylic acids is 1. The molecular formula is C16H21N5OS. The van der Waals surface area contributed by atoms with Crippen molar-refractivity contribution in [2.45, 2.75) is 19.5 Å². The molecule has 7 heteroatoms. The largest absolute Gasteiger partial charge is 0.353 e. The lowest BCUT2D eigenvalue weighted by Crippen LogP contribution is -2.54. The highest BCUT2D eigenvalue weighted by Crippen LogP contribution is 2.13. The van der Waals surface area contributed by atoms with Crippen LogP contribution in [0.5, 0.6) is 0 Å². The first kappa shape index (κ1) is 15.9. The van der Waals surface area contributed by atoms with Gasteiger partial charge in [0, 0.05) is 43.4 Å². The van der Waals surface area contributed by atoms with Crippen molar-refractivity contribution < 1.29 is 4.79 Å². The van der Waals surface area contributed by atoms with Gasteiger partial charge in [-0.2, -0.15) is 0 Å². The van der Waals surface area contributed by atoms with Gasteiger partial charge in [0.2, 0.25) is 5.91 Å². The van der Waals surface area contributed by atoms with Gasteiger partial charge in [0.15, 0.2) is 0 Å². The Morgan fingerprint density at radius 1 is 1.35 bits per heavy atom. The molecule has 0 aromatic carbocycles. The number of amides is 1. The van der Waals surface area contributed by atoms with Gasteiger partial charge in [0.25, 0.3) is 0 Å². The van der Waals surface area contributed by atoms with E-state index >= 15 is 0 Å². The topological polar surface area (TPSA) is 61.4 Å². The predicted octanol–water partition coefficient (Wildman–Crippen LogP) is 1.36. The lowest BCUT2D eigenvalue weighted by Gasteiger charge is -2.37. The van der Waals surface area contributed by atoms with E-state index in [4.69, 9.17) is 0 Å². The highest BCUT2D eigenvalue weighted by molar-refractivity contribution is 7.09. The second-order valence-electron chi connectivity index (χ2n) is 5.56. The van der Waals surface area contributed by atoms with E-state index in [0.717, 1.165) is 32.0 Å². The van der Waals surface area contributed by atoms with Crippen LogP contribution in [0.1, 0.15) is 11.8 Å². The molecule has 1 amide bonds. The first-order valence-electron chi connectivity index (χ1n) is 7.79. The van der Waals surface area contributed by atoms with Gasteiger partial charge in [-0.1, -0.05) is 6.07 Å². The summed E-state index contributed by atoms with van der Waals surface area (Å²) >= 11 is 1.66. The van der Waals surface area contributed by atoms with Crippen molar-refractivity contribution in [2.75, 3.05) is 31.1 Å². The van der Waals surface area contributed by atoms with Gasteiger partial charge in [-0.25, -0.2) is 4.98 Å². The number of hydrogen-bond acceptors (Lipinski definition) is 6. The molecule has 0 saturated carbocycles. The Morgan fingerprint density at radius 2 is 2.17 bits per heavy atom. The summed E-state index contributed by atoms with van der Waals surface area (Å²) in [6.07, 6.45) is 5.18. The summed E-state index contributed by atoms with van der Waals surface area (Å²) in [7, 11) is 0. The molecule has 3 rings (SSSR count). The van der Waals surface area contributed by atoms with Gasteiger partial charge in [-0.15, -0.1) is 11.3 Å². The molecule has 2 aromatic heterocycles. The zero-order valence-electron chi connectivity index (χ0n) is 13.2. The van der Waals surface area contributed by atoms with Gasteiger partial charge >= 0.3 is 0 Å². The van der Waals surface area contributed by atoms with Crippen LogP contribution in [0.15, 0.2) is 36.1 Å². The van der Waals surface area contributed by atoms with Gasteiger partial charge in [0.05, 0.1) is 18.8 Å². The molecule has 0 radical (unpaired) electrons. The number of nitrogens with one attached hydrogen (secondary N) is 1. The lowest BCUT2D eigenvalue weighted by atomic mass is 10.2. The summed E-state index contributed by atoms with van der Waals surface area (Å²) in [5.74, 6) is 0.994. The van der Waals surface area contributed by atoms with Crippen molar-refractivity contribution in [1.82, 2.24) is 20.2 Å². The maximum Gasteiger partial charge on any atom is 0.237 e. The fourth-order valence-electron chi connectivity index (χ4n) is 2.69. The number of thiophene rings is 1. The summed E-state index contributed by atoms with van der Waals surface area (Å²) in [5.41, 5.74) is 0. The zero-order chi connectivity index (χ0) is 16.1. The molecule has 0 bridgehead atoms. The first-order chi connectivity index (χ1) is 11.2. The van der Waals surface area contributed by atoms with Crippen LogP contribution in [0, 0.1) is 0 Å². The fourth-order valence-corrected chi connectivity index (χ4v) is 3.34. The van der Waals surface area contributed by atoms with Crippen LogP contribution >= 0.6 is 11.3 Å². The average Bonchev–Trinajstić information content (AvgIpc) is 3.13. The summed E-state index contributed by atoms with van der Waals surface area (Å²) in [6, 6.07) is 3.93. The van der Waals surface area contributed by atoms with Gasteiger partial charge < -0.3 is 10.2 Å². The third-order valence-electron chi connectivity index (χ3n) is 4.13. The van der Waals surface area contributed by atoms with Crippen LogP contribution in [0.25, 0.3) is 0 Å². The molecule has 23 heavy (non-hydrogen) atoms. The molecule has 1 unspecified atom stereocenters. The van der Waals surface area contributed by atoms with E-state index in [-0.39, 0.29) is 11.9 Å². The Hall–Kier alpha value is -1.99. The van der Waals surface area contributed by atoms with Crippen LogP contribution in [0.4, 0.5) is 5.82 Å². The van der Waals surface area contributed by atoms with E-state index in [1.165, 1.54) is 4.88 Å². The van der Waals surface area contributed by atoms with Crippen LogP contribution in [-0.4, -0.2) is 53.0 Å². The van der Waals surface area contributed by atoms with Crippen LogP contribution in [0.3, 0.4) is 0 Å². The Balaban J connectivity index is 1.47. The summed E-state index contributed by atoms with van der Waals surface area (Å²) in [6.45, 7) is 6.01. The Labute approximate surface area is 140 Å². The third-order valence-corrected chi connectivity index (χ3v) is 5.01. The van der Waals surface area contributed by atoms with E-state index in [1.807, 2.05) is 24.4 Å². The fraction of sp³-hybridized carbons (Fsp3) is 0.438. The molecule has 122 valence electrons. The maximum atomic E-state index is 12.3. The molecule has 1 atom stereocenters. The summed E-state index contributed by atoms with van der Waals surface area (Å²) < 4.78 is 0. The van der Waals surface area contributed by atoms with Gasteiger partial charge in [-0.3, -0.25) is 14.7 Å². The standard InChI is InChI=1S/C16H21N5OS/c1-13(16(22)19-11-14-3-2-10-23-14)20-6-8-21(9-7-20)15-12-17-4-5-18-15/h2-5,10,12-13H,6-9,11H2,1H3,(H,19,22). The number of anilines is 1. The molecule has 1 aliphatic heterocycles. The maximum absolute atomic E-state index is 12.3. The Morgan fingerprint density at radius 3 is 2.83 bits per heavy atom. The van der Waals surface area contributed by atoms with E-state index < -0.39 is 0 Å². The minimum atomic E-state index is -0.112. The number of rotatable bonds is 5. The van der Waals surface area contributed by atoms with E-state index in [1.54, 1.807) is 29.9 Å². The average molecular weight is 331 g/mol. The summed E-state index contributed by atoms with van der Waals surface area (Å²) in [4.78, 5) is 26.4. The molecule has 6 nitrogen and oxygen atoms in total. The highest BCUT2D eigenvalue weighted by atomic mass is 32.1. The van der Waals surface area contributed by atoms with Crippen molar-refractivity contribution >= 4 is 23.1 Å². The van der Waals surface area contributed by atoms with Crippen molar-refractivity contribution in [3.05, 3.63) is 41.0 Å². The quantitative estimate of drug-likeness (QED) is 0.896. The molecule has 1 aliphatic rings. The molecule has 2 aromatic rings. The molecule has 1 fully saturated rings. The number of nitrogens with zero attached hydrogens (tertiary/aromatic N) is 4. The molecule has 3 heterocycles. The molecule has 0 spiro atoms. The number of carbonyl (C=O) groups is 1. The molecule has 1 saturated heterocycles. The lowest BCUT2D eigenvalue weighted by molar-refractivity contribution is -0.126. The Bertz CT molecular complexity index is 611. The SMILES string of the molecule is CC(C(=O)NCc1cccs1)N1CCN(c2cnccn2)CC1. The number of hydrogen-bond donors (Lipinski definition) is 1. The van der Waals surface area contributed by atoms with E-state index in [2.05, 4.69) is 25.1 Å². The zero-order valence-corrected chi connectivity index (χ0v) is 14.0. The van der Waals surface area contributed by atoms with Crippen LogP contribution in [-0.2, 0) is 11.3 Å². The normalized spacial score (nSPS) is 17.0. The predicted molar refractivity (Wildman–Crippen MR) is 91.4 cm³/mol. The van der Waals surface area contributed by atoms with E-state index in [0.29, 0.717) is 6.54 Å². The second kappa shape index (κ2) is 7.52. The van der Waals surface area contributed by atoms with Crippen molar-refractivity contribution in [1.29, 1.82) is 0 Å². The van der Waals surface area contributed by atoms with Crippen LogP contribution < -0.4 is 10.2 Å². The highest BCUT2D eigenvalue weighted by Gasteiger charge is 2.25. The molecular weight excluding hydrogens is 310 g/mol. The van der Waals surface area contributed by atoms with Gasteiger partial charge in [-0.05, 0) is 18.4 Å². The number of aromatic nitrogens is 2. The van der Waals surface area contributed by atoms with E-state index in [9.17, 15) is 4.79 Å². The first-order valence-corrected chi connectivity index (χ1v) is 8.67. The minimum absolute atomic E-state index is 0.0892. The van der Waals surface area contributed by atoms with Crippen LogP contribution in [0.2, 0.25) is 0 Å². The monoisotopic (exact) mass is 331 g/mol. The third kappa shape index (κ3) is 4.05.